The van der Waals surface area contributed by atoms with Gasteiger partial charge in [0.05, 0.1) is 25.9 Å². The number of morpholine rings is 1. The Hall–Kier alpha value is -3.10. The van der Waals surface area contributed by atoms with Crippen LogP contribution in [-0.2, 0) is 14.3 Å². The molecule has 1 atom stereocenters. The Morgan fingerprint density at radius 2 is 1.84 bits per heavy atom. The summed E-state index contributed by atoms with van der Waals surface area (Å²) >= 11 is 0. The highest BCUT2D eigenvalue weighted by Gasteiger charge is 2.19. The Bertz CT molecular complexity index is 906. The maximum atomic E-state index is 12.6. The van der Waals surface area contributed by atoms with Crippen molar-refractivity contribution in [3.63, 3.8) is 0 Å². The Morgan fingerprint density at radius 1 is 1.03 bits per heavy atom. The molecule has 2 aliphatic rings. The van der Waals surface area contributed by atoms with Gasteiger partial charge in [-0.2, -0.15) is 0 Å². The molecule has 2 aromatic carbocycles. The van der Waals surface area contributed by atoms with E-state index in [4.69, 9.17) is 14.2 Å². The fourth-order valence-corrected chi connectivity index (χ4v) is 3.70. The molecule has 8 heteroatoms. The number of amides is 2. The van der Waals surface area contributed by atoms with Gasteiger partial charge in [-0.25, -0.2) is 0 Å². The standard InChI is InChI=1S/C24H29N3O5/c28-23(26-19-6-8-21(9-7-19)32-17-22-5-2-12-31-22)16-25-20-4-1-3-18(15-20)24(29)27-10-13-30-14-11-27/h1,3-4,6-9,15,22,25H,2,5,10-14,16-17H2,(H,26,28). The zero-order valence-corrected chi connectivity index (χ0v) is 18.0. The molecule has 2 saturated heterocycles. The number of hydrogen-bond acceptors (Lipinski definition) is 6. The number of nitrogens with zero attached hydrogens (tertiary/aromatic N) is 1. The maximum Gasteiger partial charge on any atom is 0.254 e. The summed E-state index contributed by atoms with van der Waals surface area (Å²) in [5.74, 6) is 0.546. The minimum absolute atomic E-state index is 0.0248. The smallest absolute Gasteiger partial charge is 0.254 e. The predicted molar refractivity (Wildman–Crippen MR) is 121 cm³/mol. The highest BCUT2D eigenvalue weighted by atomic mass is 16.5. The minimum Gasteiger partial charge on any atom is -0.491 e. The van der Waals surface area contributed by atoms with Crippen molar-refractivity contribution in [2.75, 3.05) is 56.7 Å². The van der Waals surface area contributed by atoms with E-state index in [0.29, 0.717) is 44.2 Å². The average Bonchev–Trinajstić information content (AvgIpc) is 3.36. The summed E-state index contributed by atoms with van der Waals surface area (Å²) in [4.78, 5) is 26.7. The number of anilines is 2. The topological polar surface area (TPSA) is 89.1 Å². The first-order valence-corrected chi connectivity index (χ1v) is 11.0. The Labute approximate surface area is 187 Å². The SMILES string of the molecule is O=C(CNc1cccc(C(=O)N2CCOCC2)c1)Nc1ccc(OCC2CCCO2)cc1. The van der Waals surface area contributed by atoms with Gasteiger partial charge < -0.3 is 29.7 Å². The van der Waals surface area contributed by atoms with Gasteiger partial charge in [-0.15, -0.1) is 0 Å². The third-order valence-electron chi connectivity index (χ3n) is 5.46. The molecule has 1 unspecified atom stereocenters. The molecule has 2 aromatic rings. The Balaban J connectivity index is 1.23. The molecule has 2 fully saturated rings. The number of carbonyl (C=O) groups excluding carboxylic acids is 2. The van der Waals surface area contributed by atoms with Crippen molar-refractivity contribution in [2.24, 2.45) is 0 Å². The van der Waals surface area contributed by atoms with Crippen molar-refractivity contribution in [1.82, 2.24) is 4.90 Å². The lowest BCUT2D eigenvalue weighted by molar-refractivity contribution is -0.114. The van der Waals surface area contributed by atoms with Crippen LogP contribution in [0.5, 0.6) is 5.75 Å². The van der Waals surface area contributed by atoms with Crippen LogP contribution in [-0.4, -0.2) is 68.9 Å². The molecule has 2 amide bonds. The fourth-order valence-electron chi connectivity index (χ4n) is 3.70. The summed E-state index contributed by atoms with van der Waals surface area (Å²) in [7, 11) is 0. The van der Waals surface area contributed by atoms with E-state index in [2.05, 4.69) is 10.6 Å². The van der Waals surface area contributed by atoms with Gasteiger partial charge >= 0.3 is 0 Å². The molecule has 2 heterocycles. The summed E-state index contributed by atoms with van der Waals surface area (Å²) < 4.78 is 16.6. The second kappa shape index (κ2) is 11.0. The number of benzene rings is 2. The van der Waals surface area contributed by atoms with Crippen LogP contribution in [0.15, 0.2) is 48.5 Å². The van der Waals surface area contributed by atoms with E-state index in [1.54, 1.807) is 17.0 Å². The zero-order chi connectivity index (χ0) is 22.2. The molecule has 0 aliphatic carbocycles. The minimum atomic E-state index is -0.178. The monoisotopic (exact) mass is 439 g/mol. The molecule has 0 bridgehead atoms. The summed E-state index contributed by atoms with van der Waals surface area (Å²) in [6, 6.07) is 14.5. The summed E-state index contributed by atoms with van der Waals surface area (Å²) in [5.41, 5.74) is 2.01. The molecule has 2 aliphatic heterocycles. The van der Waals surface area contributed by atoms with Gasteiger partial charge in [0.1, 0.15) is 12.4 Å². The largest absolute Gasteiger partial charge is 0.491 e. The molecular weight excluding hydrogens is 410 g/mol. The highest BCUT2D eigenvalue weighted by molar-refractivity contribution is 5.96. The molecule has 0 saturated carbocycles. The van der Waals surface area contributed by atoms with E-state index >= 15 is 0 Å². The number of ether oxygens (including phenoxy) is 3. The highest BCUT2D eigenvalue weighted by Crippen LogP contribution is 2.19. The van der Waals surface area contributed by atoms with Crippen molar-refractivity contribution in [2.45, 2.75) is 18.9 Å². The summed E-state index contributed by atoms with van der Waals surface area (Å²) in [6.07, 6.45) is 2.29. The molecule has 0 spiro atoms. The van der Waals surface area contributed by atoms with E-state index in [1.807, 2.05) is 36.4 Å². The van der Waals surface area contributed by atoms with Crippen LogP contribution < -0.4 is 15.4 Å². The van der Waals surface area contributed by atoms with Gasteiger partial charge in [0.15, 0.2) is 0 Å². The van der Waals surface area contributed by atoms with Gasteiger partial charge in [0, 0.05) is 36.6 Å². The lowest BCUT2D eigenvalue weighted by atomic mass is 10.1. The maximum absolute atomic E-state index is 12.6. The third kappa shape index (κ3) is 6.21. The van der Waals surface area contributed by atoms with Crippen molar-refractivity contribution in [3.05, 3.63) is 54.1 Å². The summed E-state index contributed by atoms with van der Waals surface area (Å²) in [5, 5.41) is 5.93. The first kappa shape index (κ1) is 22.1. The van der Waals surface area contributed by atoms with Crippen molar-refractivity contribution in [1.29, 1.82) is 0 Å². The van der Waals surface area contributed by atoms with E-state index in [1.165, 1.54) is 0 Å². The molecular formula is C24H29N3O5. The van der Waals surface area contributed by atoms with E-state index < -0.39 is 0 Å². The predicted octanol–water partition coefficient (Wildman–Crippen LogP) is 2.77. The number of rotatable bonds is 8. The van der Waals surface area contributed by atoms with Gasteiger partial charge in [-0.05, 0) is 55.3 Å². The van der Waals surface area contributed by atoms with Crippen molar-refractivity contribution in [3.8, 4) is 5.75 Å². The lowest BCUT2D eigenvalue weighted by Crippen LogP contribution is -2.40. The molecule has 2 N–H and O–H groups in total. The molecule has 8 nitrogen and oxygen atoms in total. The first-order valence-electron chi connectivity index (χ1n) is 11.0. The molecule has 0 aromatic heterocycles. The fraction of sp³-hybridized carbons (Fsp3) is 0.417. The van der Waals surface area contributed by atoms with Gasteiger partial charge in [0.25, 0.3) is 5.91 Å². The van der Waals surface area contributed by atoms with Crippen LogP contribution in [0.2, 0.25) is 0 Å². The van der Waals surface area contributed by atoms with Gasteiger partial charge in [-0.1, -0.05) is 6.07 Å². The van der Waals surface area contributed by atoms with E-state index in [-0.39, 0.29) is 24.5 Å². The van der Waals surface area contributed by atoms with Crippen LogP contribution in [0.4, 0.5) is 11.4 Å². The Morgan fingerprint density at radius 3 is 2.59 bits per heavy atom. The number of nitrogens with one attached hydrogen (secondary N) is 2. The number of carbonyl (C=O) groups is 2. The lowest BCUT2D eigenvalue weighted by Gasteiger charge is -2.27. The average molecular weight is 440 g/mol. The molecule has 4 rings (SSSR count). The molecule has 0 radical (unpaired) electrons. The van der Waals surface area contributed by atoms with Crippen molar-refractivity contribution >= 4 is 23.2 Å². The quantitative estimate of drug-likeness (QED) is 0.658. The molecule has 170 valence electrons. The normalized spacial score (nSPS) is 18.2. The van der Waals surface area contributed by atoms with Crippen LogP contribution in [0.1, 0.15) is 23.2 Å². The van der Waals surface area contributed by atoms with Crippen LogP contribution in [0.3, 0.4) is 0 Å². The van der Waals surface area contributed by atoms with Crippen LogP contribution in [0, 0.1) is 0 Å². The van der Waals surface area contributed by atoms with Crippen LogP contribution >= 0.6 is 0 Å². The first-order chi connectivity index (χ1) is 15.7. The van der Waals surface area contributed by atoms with Gasteiger partial charge in [-0.3, -0.25) is 9.59 Å². The van der Waals surface area contributed by atoms with Crippen molar-refractivity contribution < 1.29 is 23.8 Å². The Kier molecular flexibility index (Phi) is 7.58. The molecule has 32 heavy (non-hydrogen) atoms. The van der Waals surface area contributed by atoms with Gasteiger partial charge in [0.2, 0.25) is 5.91 Å². The number of hydrogen-bond donors (Lipinski definition) is 2. The second-order valence-electron chi connectivity index (χ2n) is 7.86. The van der Waals surface area contributed by atoms with Crippen LogP contribution in [0.25, 0.3) is 0 Å². The zero-order valence-electron chi connectivity index (χ0n) is 18.0. The van der Waals surface area contributed by atoms with E-state index in [9.17, 15) is 9.59 Å². The third-order valence-corrected chi connectivity index (χ3v) is 5.46. The summed E-state index contributed by atoms with van der Waals surface area (Å²) in [6.45, 7) is 3.75. The second-order valence-corrected chi connectivity index (χ2v) is 7.86. The van der Waals surface area contributed by atoms with E-state index in [0.717, 1.165) is 30.9 Å².